The second-order valence-corrected chi connectivity index (χ2v) is 15.2. The maximum absolute atomic E-state index is 14.4. The number of hydrogen-bond donors (Lipinski definition) is 2. The summed E-state index contributed by atoms with van der Waals surface area (Å²) in [7, 11) is 1.10. The standard InChI is InChI=1S/C38H50O16/c1-10-19(2)31(45)34(46)53-33-32(51-18-39)30(20(3)38(47)26(42)13-24(37(33,38)8)23-11-12-49-16-23)36(7)25(14-28(43)48-9)35(6,17-50-21(4)40)54-29(44)15-27(36)52-22(5)41/h11-12,16,18-19,24-25,27,30-33,45,47H,3,10,13-15,17H2,1-2,4-9H3/t19-,24-,25?,27-,30+,31+,32+,33-,35+,36+,37+,38+/m0/s1. The average molecular weight is 763 g/mol. The van der Waals surface area contributed by atoms with Crippen LogP contribution in [0.1, 0.15) is 85.6 Å². The van der Waals surface area contributed by atoms with Crippen molar-refractivity contribution < 1.29 is 76.6 Å². The fraction of sp³-hybridized carbons (Fsp3) is 0.658. The Balaban J connectivity index is 2.13. The summed E-state index contributed by atoms with van der Waals surface area (Å²) < 4.78 is 39.4. The van der Waals surface area contributed by atoms with Crippen LogP contribution in [0.3, 0.4) is 0 Å². The minimum atomic E-state index is -2.60. The molecule has 0 spiro atoms. The minimum absolute atomic E-state index is 0.0597. The Hall–Kier alpha value is -4.57. The highest BCUT2D eigenvalue weighted by molar-refractivity contribution is 5.96. The van der Waals surface area contributed by atoms with Crippen LogP contribution in [0.25, 0.3) is 0 Å². The van der Waals surface area contributed by atoms with E-state index in [1.54, 1.807) is 19.9 Å². The Morgan fingerprint density at radius 2 is 1.76 bits per heavy atom. The molecule has 16 heteroatoms. The molecule has 54 heavy (non-hydrogen) atoms. The summed E-state index contributed by atoms with van der Waals surface area (Å²) in [4.78, 5) is 92.7. The molecule has 16 nitrogen and oxygen atoms in total. The van der Waals surface area contributed by atoms with Crippen molar-refractivity contribution in [2.45, 2.75) is 116 Å². The zero-order valence-corrected chi connectivity index (χ0v) is 31.8. The van der Waals surface area contributed by atoms with Gasteiger partial charge in [-0.1, -0.05) is 40.7 Å². The van der Waals surface area contributed by atoms with Crippen molar-refractivity contribution in [1.29, 1.82) is 0 Å². The van der Waals surface area contributed by atoms with E-state index < -0.39 is 125 Å². The molecule has 3 aliphatic rings. The number of ketones is 1. The summed E-state index contributed by atoms with van der Waals surface area (Å²) in [6, 6.07) is 1.56. The van der Waals surface area contributed by atoms with Gasteiger partial charge in [-0.05, 0) is 30.0 Å². The number of furan rings is 1. The molecule has 1 saturated heterocycles. The van der Waals surface area contributed by atoms with E-state index in [0.29, 0.717) is 12.0 Å². The second-order valence-electron chi connectivity index (χ2n) is 15.2. The molecule has 1 aromatic rings. The number of rotatable bonds is 13. The van der Waals surface area contributed by atoms with Crippen molar-refractivity contribution in [2.75, 3.05) is 13.7 Å². The fourth-order valence-electron chi connectivity index (χ4n) is 9.16. The summed E-state index contributed by atoms with van der Waals surface area (Å²) in [5.41, 5.74) is -8.16. The highest BCUT2D eigenvalue weighted by Gasteiger charge is 2.77. The minimum Gasteiger partial charge on any atom is -0.472 e. The van der Waals surface area contributed by atoms with Crippen LogP contribution in [0.4, 0.5) is 0 Å². The lowest BCUT2D eigenvalue weighted by Crippen LogP contribution is -2.72. The van der Waals surface area contributed by atoms with Gasteiger partial charge in [-0.25, -0.2) is 4.79 Å². The summed E-state index contributed by atoms with van der Waals surface area (Å²) in [5, 5.41) is 24.1. The second kappa shape index (κ2) is 15.7. The fourth-order valence-corrected chi connectivity index (χ4v) is 9.16. The number of Topliss-reactive ketones (excluding diaryl/α,β-unsaturated/α-hetero) is 1. The van der Waals surface area contributed by atoms with E-state index in [1.807, 2.05) is 0 Å². The molecule has 2 N–H and O–H groups in total. The first kappa shape index (κ1) is 42.2. The van der Waals surface area contributed by atoms with Crippen molar-refractivity contribution in [1.82, 2.24) is 0 Å². The van der Waals surface area contributed by atoms with Gasteiger partial charge < -0.3 is 43.1 Å². The molecule has 0 aromatic carbocycles. The Bertz CT molecular complexity index is 1650. The number of ether oxygens (including phenoxy) is 6. The highest BCUT2D eigenvalue weighted by atomic mass is 16.6. The third kappa shape index (κ3) is 6.93. The largest absolute Gasteiger partial charge is 0.472 e. The maximum atomic E-state index is 14.4. The van der Waals surface area contributed by atoms with E-state index in [2.05, 4.69) is 6.58 Å². The van der Waals surface area contributed by atoms with Crippen molar-refractivity contribution in [3.05, 3.63) is 36.3 Å². The molecular weight excluding hydrogens is 712 g/mol. The first-order valence-corrected chi connectivity index (χ1v) is 17.7. The van der Waals surface area contributed by atoms with E-state index in [4.69, 9.17) is 32.8 Å². The van der Waals surface area contributed by atoms with Gasteiger partial charge in [0, 0.05) is 43.4 Å². The van der Waals surface area contributed by atoms with Gasteiger partial charge in [-0.3, -0.25) is 28.8 Å². The van der Waals surface area contributed by atoms with E-state index in [1.165, 1.54) is 33.3 Å². The summed E-state index contributed by atoms with van der Waals surface area (Å²) in [6.45, 7) is 13.5. The lowest BCUT2D eigenvalue weighted by atomic mass is 9.46. The Labute approximate surface area is 312 Å². The van der Waals surface area contributed by atoms with Gasteiger partial charge in [0.25, 0.3) is 6.47 Å². The lowest BCUT2D eigenvalue weighted by molar-refractivity contribution is -0.239. The summed E-state index contributed by atoms with van der Waals surface area (Å²) in [5.74, 6) is -9.90. The van der Waals surface area contributed by atoms with Crippen LogP contribution in [-0.4, -0.2) is 102 Å². The summed E-state index contributed by atoms with van der Waals surface area (Å²) in [6.07, 6.45) is -5.26. The van der Waals surface area contributed by atoms with Crippen molar-refractivity contribution in [3.8, 4) is 0 Å². The van der Waals surface area contributed by atoms with Crippen LogP contribution in [-0.2, 0) is 62.0 Å². The molecule has 1 aliphatic heterocycles. The number of aliphatic hydroxyl groups excluding tert-OH is 1. The number of esters is 5. The molecule has 1 aromatic heterocycles. The van der Waals surface area contributed by atoms with Gasteiger partial charge in [0.2, 0.25) is 0 Å². The van der Waals surface area contributed by atoms with E-state index in [0.717, 1.165) is 21.0 Å². The number of carbonyl (C=O) groups excluding carboxylic acids is 7. The molecule has 2 aliphatic carbocycles. The normalized spacial score (nSPS) is 36.1. The zero-order chi connectivity index (χ0) is 40.6. The predicted octanol–water partition coefficient (Wildman–Crippen LogP) is 2.51. The quantitative estimate of drug-likeness (QED) is 0.127. The van der Waals surface area contributed by atoms with E-state index in [-0.39, 0.29) is 18.5 Å². The van der Waals surface area contributed by atoms with Crippen molar-refractivity contribution in [3.63, 3.8) is 0 Å². The van der Waals surface area contributed by atoms with Crippen LogP contribution in [0.2, 0.25) is 0 Å². The Morgan fingerprint density at radius 3 is 2.30 bits per heavy atom. The third-order valence-corrected chi connectivity index (χ3v) is 12.2. The van der Waals surface area contributed by atoms with Gasteiger partial charge in [-0.2, -0.15) is 0 Å². The topological polar surface area (TPSA) is 228 Å². The number of hydrogen-bond acceptors (Lipinski definition) is 16. The van der Waals surface area contributed by atoms with E-state index in [9.17, 15) is 43.8 Å². The maximum Gasteiger partial charge on any atom is 0.335 e. The van der Waals surface area contributed by atoms with Crippen LogP contribution in [0.15, 0.2) is 35.2 Å². The molecule has 2 saturated carbocycles. The van der Waals surface area contributed by atoms with Gasteiger partial charge in [-0.15, -0.1) is 0 Å². The van der Waals surface area contributed by atoms with Gasteiger partial charge in [0.15, 0.2) is 17.5 Å². The molecular formula is C38H50O16. The van der Waals surface area contributed by atoms with Crippen LogP contribution >= 0.6 is 0 Å². The van der Waals surface area contributed by atoms with Crippen LogP contribution < -0.4 is 0 Å². The molecule has 12 atom stereocenters. The van der Waals surface area contributed by atoms with Crippen LogP contribution in [0.5, 0.6) is 0 Å². The number of carbonyl (C=O) groups is 7. The molecule has 298 valence electrons. The van der Waals surface area contributed by atoms with Crippen molar-refractivity contribution in [2.24, 2.45) is 28.6 Å². The Morgan fingerprint density at radius 1 is 1.09 bits per heavy atom. The molecule has 4 rings (SSSR count). The van der Waals surface area contributed by atoms with Gasteiger partial charge in [0.05, 0.1) is 37.9 Å². The van der Waals surface area contributed by atoms with Crippen LogP contribution in [0, 0.1) is 28.6 Å². The SMILES string of the molecule is C=C1[C@@H]([C@]2(C)C(CC(=O)OC)[C@@](C)(COC(C)=O)OC(=O)C[C@@H]2OC(C)=O)[C@@H](OC=O)[C@H](OC(=O)[C@H](O)[C@@H](C)CC)[C@@]2(C)[C@H](c3ccoc3)CC(=O)[C@]12O. The first-order chi connectivity index (χ1) is 25.2. The number of aliphatic hydroxyl groups is 2. The highest BCUT2D eigenvalue weighted by Crippen LogP contribution is 2.68. The molecule has 3 fully saturated rings. The monoisotopic (exact) mass is 762 g/mol. The Kier molecular flexibility index (Phi) is 12.2. The lowest BCUT2D eigenvalue weighted by Gasteiger charge is -2.61. The molecule has 2 heterocycles. The number of methoxy groups -OCH3 is 1. The van der Waals surface area contributed by atoms with Crippen molar-refractivity contribution >= 4 is 42.1 Å². The molecule has 0 amide bonds. The molecule has 1 unspecified atom stereocenters. The summed E-state index contributed by atoms with van der Waals surface area (Å²) >= 11 is 0. The number of fused-ring (bicyclic) bond motifs is 1. The smallest absolute Gasteiger partial charge is 0.335 e. The van der Waals surface area contributed by atoms with Gasteiger partial charge in [0.1, 0.15) is 30.5 Å². The number of cyclic esters (lactones) is 1. The average Bonchev–Trinajstić information content (AvgIpc) is 3.70. The third-order valence-electron chi connectivity index (χ3n) is 12.2. The van der Waals surface area contributed by atoms with E-state index >= 15 is 0 Å². The van der Waals surface area contributed by atoms with Gasteiger partial charge >= 0.3 is 29.8 Å². The molecule has 0 bridgehead atoms. The molecule has 0 radical (unpaired) electrons. The zero-order valence-electron chi connectivity index (χ0n) is 31.8. The predicted molar refractivity (Wildman–Crippen MR) is 183 cm³/mol. The first-order valence-electron chi connectivity index (χ1n) is 17.7.